The minimum absolute atomic E-state index is 0.0762. The maximum Gasteiger partial charge on any atom is 0.290 e. The van der Waals surface area contributed by atoms with Crippen molar-refractivity contribution in [2.45, 2.75) is 12.5 Å². The fourth-order valence-electron chi connectivity index (χ4n) is 4.84. The second-order valence-corrected chi connectivity index (χ2v) is 9.38. The molecule has 5 nitrogen and oxygen atoms in total. The lowest BCUT2D eigenvalue weighted by Gasteiger charge is -2.25. The molecule has 37 heavy (non-hydrogen) atoms. The highest BCUT2D eigenvalue weighted by Gasteiger charge is 2.42. The van der Waals surface area contributed by atoms with E-state index in [-0.39, 0.29) is 17.1 Å². The number of fused-ring (bicyclic) bond motifs is 2. The smallest absolute Gasteiger partial charge is 0.290 e. The molecule has 0 aliphatic carbocycles. The van der Waals surface area contributed by atoms with Crippen molar-refractivity contribution >= 4 is 28.5 Å². The molecule has 0 saturated heterocycles. The highest BCUT2D eigenvalue weighted by Crippen LogP contribution is 2.39. The number of para-hydroxylation sites is 1. The van der Waals surface area contributed by atoms with E-state index in [4.69, 9.17) is 20.8 Å². The number of ether oxygens (including phenoxy) is 1. The molecule has 1 amide bonds. The van der Waals surface area contributed by atoms with E-state index >= 15 is 0 Å². The number of hydrogen-bond acceptors (Lipinski definition) is 4. The van der Waals surface area contributed by atoms with Crippen LogP contribution < -0.4 is 10.2 Å². The normalized spacial score (nSPS) is 14.7. The van der Waals surface area contributed by atoms with Crippen molar-refractivity contribution in [1.29, 1.82) is 0 Å². The van der Waals surface area contributed by atoms with Crippen molar-refractivity contribution in [3.8, 4) is 11.5 Å². The Morgan fingerprint density at radius 1 is 0.811 bits per heavy atom. The number of carbonyl (C=O) groups excluding carboxylic acids is 1. The number of halogens is 1. The number of nitrogens with zero attached hydrogens (tertiary/aromatic N) is 1. The molecule has 0 saturated carbocycles. The van der Waals surface area contributed by atoms with E-state index in [2.05, 4.69) is 0 Å². The maximum atomic E-state index is 13.8. The molecule has 0 bridgehead atoms. The van der Waals surface area contributed by atoms with Crippen molar-refractivity contribution in [1.82, 2.24) is 4.90 Å². The Bertz CT molecular complexity index is 1660. The minimum Gasteiger partial charge on any atom is -0.457 e. The predicted molar refractivity (Wildman–Crippen MR) is 143 cm³/mol. The van der Waals surface area contributed by atoms with E-state index in [9.17, 15) is 9.59 Å². The van der Waals surface area contributed by atoms with Crippen molar-refractivity contribution < 1.29 is 13.9 Å². The number of rotatable bonds is 6. The molecule has 182 valence electrons. The van der Waals surface area contributed by atoms with Crippen LogP contribution in [0.4, 0.5) is 0 Å². The van der Waals surface area contributed by atoms with Crippen LogP contribution in [0.2, 0.25) is 5.02 Å². The molecule has 0 radical (unpaired) electrons. The lowest BCUT2D eigenvalue weighted by molar-refractivity contribution is 0.0730. The van der Waals surface area contributed by atoms with Gasteiger partial charge in [-0.25, -0.2) is 0 Å². The second-order valence-electron chi connectivity index (χ2n) is 8.94. The maximum absolute atomic E-state index is 13.8. The molecule has 6 heteroatoms. The lowest BCUT2D eigenvalue weighted by Crippen LogP contribution is -2.31. The Labute approximate surface area is 218 Å². The van der Waals surface area contributed by atoms with Crippen LogP contribution in [-0.2, 0) is 6.42 Å². The number of carbonyl (C=O) groups is 1. The van der Waals surface area contributed by atoms with Crippen molar-refractivity contribution in [2.75, 3.05) is 6.54 Å². The SMILES string of the molecule is O=C1c2oc3ccc(Cl)cc3c(=O)c2C(c2cccc(Oc3ccccc3)c2)N1CCc1ccccc1. The van der Waals surface area contributed by atoms with E-state index in [1.54, 1.807) is 23.1 Å². The van der Waals surface area contributed by atoms with Gasteiger partial charge in [0.25, 0.3) is 5.91 Å². The zero-order chi connectivity index (χ0) is 25.4. The van der Waals surface area contributed by atoms with Gasteiger partial charge >= 0.3 is 0 Å². The van der Waals surface area contributed by atoms with E-state index in [1.165, 1.54) is 0 Å². The van der Waals surface area contributed by atoms with E-state index in [0.717, 1.165) is 11.1 Å². The average Bonchev–Trinajstić information content (AvgIpc) is 3.21. The molecule has 4 aromatic carbocycles. The van der Waals surface area contributed by atoms with Gasteiger partial charge in [0.2, 0.25) is 5.76 Å². The van der Waals surface area contributed by atoms with Gasteiger partial charge in [-0.2, -0.15) is 0 Å². The first kappa shape index (κ1) is 23.1. The zero-order valence-electron chi connectivity index (χ0n) is 19.8. The number of amides is 1. The monoisotopic (exact) mass is 507 g/mol. The van der Waals surface area contributed by atoms with Gasteiger partial charge < -0.3 is 14.1 Å². The van der Waals surface area contributed by atoms with Gasteiger partial charge in [0.15, 0.2) is 5.43 Å². The molecule has 0 N–H and O–H groups in total. The fourth-order valence-corrected chi connectivity index (χ4v) is 5.01. The lowest BCUT2D eigenvalue weighted by atomic mass is 9.98. The summed E-state index contributed by atoms with van der Waals surface area (Å²) in [6.45, 7) is 0.415. The van der Waals surface area contributed by atoms with Gasteiger partial charge in [0.1, 0.15) is 17.1 Å². The average molecular weight is 508 g/mol. The third-order valence-electron chi connectivity index (χ3n) is 6.56. The first-order valence-corrected chi connectivity index (χ1v) is 12.4. The molecule has 0 spiro atoms. The van der Waals surface area contributed by atoms with Gasteiger partial charge in [-0.15, -0.1) is 0 Å². The molecule has 1 atom stereocenters. The minimum atomic E-state index is -0.620. The first-order chi connectivity index (χ1) is 18.1. The molecule has 1 aliphatic heterocycles. The summed E-state index contributed by atoms with van der Waals surface area (Å²) in [7, 11) is 0. The van der Waals surface area contributed by atoms with Crippen molar-refractivity contribution in [2.24, 2.45) is 0 Å². The van der Waals surface area contributed by atoms with Crippen LogP contribution in [0.1, 0.15) is 33.3 Å². The van der Waals surface area contributed by atoms with E-state index in [0.29, 0.717) is 46.0 Å². The van der Waals surface area contributed by atoms with Gasteiger partial charge in [0, 0.05) is 11.6 Å². The second kappa shape index (κ2) is 9.60. The van der Waals surface area contributed by atoms with Crippen LogP contribution in [-0.4, -0.2) is 17.4 Å². The highest BCUT2D eigenvalue weighted by atomic mass is 35.5. The Morgan fingerprint density at radius 3 is 2.32 bits per heavy atom. The third kappa shape index (κ3) is 4.39. The summed E-state index contributed by atoms with van der Waals surface area (Å²) in [4.78, 5) is 29.2. The topological polar surface area (TPSA) is 59.8 Å². The van der Waals surface area contributed by atoms with Crippen LogP contribution in [0.15, 0.2) is 112 Å². The summed E-state index contributed by atoms with van der Waals surface area (Å²) < 4.78 is 12.1. The van der Waals surface area contributed by atoms with Gasteiger partial charge in [-0.3, -0.25) is 9.59 Å². The largest absolute Gasteiger partial charge is 0.457 e. The fraction of sp³-hybridized carbons (Fsp3) is 0.0968. The Balaban J connectivity index is 1.46. The molecule has 0 fully saturated rings. The summed E-state index contributed by atoms with van der Waals surface area (Å²) in [5, 5.41) is 0.783. The Kier molecular flexibility index (Phi) is 5.99. The summed E-state index contributed by atoms with van der Waals surface area (Å²) >= 11 is 6.19. The summed E-state index contributed by atoms with van der Waals surface area (Å²) in [6, 6.07) is 31.2. The zero-order valence-corrected chi connectivity index (χ0v) is 20.5. The molecule has 6 rings (SSSR count). The van der Waals surface area contributed by atoms with E-state index < -0.39 is 6.04 Å². The van der Waals surface area contributed by atoms with Gasteiger partial charge in [0.05, 0.1) is 17.0 Å². The van der Waals surface area contributed by atoms with Crippen LogP contribution in [0.25, 0.3) is 11.0 Å². The quantitative estimate of drug-likeness (QED) is 0.247. The highest BCUT2D eigenvalue weighted by molar-refractivity contribution is 6.31. The van der Waals surface area contributed by atoms with Crippen LogP contribution >= 0.6 is 11.6 Å². The molecular formula is C31H22ClNO4. The molecule has 5 aromatic rings. The molecule has 1 aromatic heterocycles. The van der Waals surface area contributed by atoms with Crippen LogP contribution in [0.5, 0.6) is 11.5 Å². The Hall–Kier alpha value is -4.35. The van der Waals surface area contributed by atoms with E-state index in [1.807, 2.05) is 84.9 Å². The van der Waals surface area contributed by atoms with Crippen molar-refractivity contribution in [3.63, 3.8) is 0 Å². The predicted octanol–water partition coefficient (Wildman–Crippen LogP) is 7.03. The third-order valence-corrected chi connectivity index (χ3v) is 6.80. The van der Waals surface area contributed by atoms with Crippen LogP contribution in [0.3, 0.4) is 0 Å². The molecule has 2 heterocycles. The van der Waals surface area contributed by atoms with Crippen molar-refractivity contribution in [3.05, 3.63) is 141 Å². The summed E-state index contributed by atoms with van der Waals surface area (Å²) in [5.74, 6) is 1.08. The number of benzene rings is 4. The Morgan fingerprint density at radius 2 is 1.54 bits per heavy atom. The molecule has 1 aliphatic rings. The molecular weight excluding hydrogens is 486 g/mol. The summed E-state index contributed by atoms with van der Waals surface area (Å²) in [5.41, 5.74) is 2.27. The number of hydrogen-bond donors (Lipinski definition) is 0. The van der Waals surface area contributed by atoms with Gasteiger partial charge in [-0.1, -0.05) is 72.3 Å². The standard InChI is InChI=1S/C31H22ClNO4/c32-22-14-15-26-25(19-22)29(34)27-28(21-10-7-13-24(18-21)36-23-11-5-2-6-12-23)33(31(35)30(27)37-26)17-16-20-8-3-1-4-9-20/h1-15,18-19,28H,16-17H2. The summed E-state index contributed by atoms with van der Waals surface area (Å²) in [6.07, 6.45) is 0.636. The first-order valence-electron chi connectivity index (χ1n) is 12.0. The van der Waals surface area contributed by atoms with Crippen LogP contribution in [0, 0.1) is 0 Å². The molecule has 1 unspecified atom stereocenters. The van der Waals surface area contributed by atoms with Gasteiger partial charge in [-0.05, 0) is 60.0 Å².